The Kier molecular flexibility index (Phi) is 34.3. The van der Waals surface area contributed by atoms with Gasteiger partial charge in [-0.3, -0.25) is 13.8 Å². The molecule has 9 N–H and O–H groups in total. The van der Waals surface area contributed by atoms with E-state index in [1.807, 2.05) is 6.08 Å². The SMILES string of the molecule is CCCCCCCCCC=CCCCCCC(=O)OC(COC(=O)C=CC=CCCCCCCCCCCCCC)COP(=O)(O)OC1C(O)C(O)C(O)C(O)C1OC1OC(CO)C(O)C(O)C1O. The number of phosphoric ester groups is 1. The van der Waals surface area contributed by atoms with Crippen molar-refractivity contribution >= 4 is 19.8 Å². The van der Waals surface area contributed by atoms with Crippen molar-refractivity contribution in [2.75, 3.05) is 19.8 Å². The molecule has 0 aromatic heterocycles. The van der Waals surface area contributed by atoms with Crippen molar-refractivity contribution in [2.24, 2.45) is 0 Å². The van der Waals surface area contributed by atoms with Crippen molar-refractivity contribution in [3.05, 3.63) is 36.5 Å². The Morgan fingerprint density at radius 2 is 1.06 bits per heavy atom. The molecule has 1 saturated carbocycles. The van der Waals surface area contributed by atoms with Crippen LogP contribution in [0.5, 0.6) is 0 Å². The van der Waals surface area contributed by atoms with Gasteiger partial charge in [0.15, 0.2) is 12.4 Å². The van der Waals surface area contributed by atoms with Gasteiger partial charge >= 0.3 is 19.8 Å². The number of ether oxygens (including phenoxy) is 4. The summed E-state index contributed by atoms with van der Waals surface area (Å²) >= 11 is 0. The molecule has 19 heteroatoms. The maximum Gasteiger partial charge on any atom is 0.472 e. The van der Waals surface area contributed by atoms with Gasteiger partial charge in [0.25, 0.3) is 0 Å². The van der Waals surface area contributed by atoms with E-state index in [9.17, 15) is 59.9 Å². The first-order chi connectivity index (χ1) is 33.2. The number of rotatable bonds is 39. The molecule has 2 rings (SSSR count). The third-order valence-electron chi connectivity index (χ3n) is 12.4. The van der Waals surface area contributed by atoms with Gasteiger partial charge in [-0.05, 0) is 44.9 Å². The lowest BCUT2D eigenvalue weighted by molar-refractivity contribution is -0.338. The quantitative estimate of drug-likeness (QED) is 0.00846. The molecule has 0 bridgehead atoms. The highest BCUT2D eigenvalue weighted by molar-refractivity contribution is 7.47. The fourth-order valence-corrected chi connectivity index (χ4v) is 9.11. The number of hydrogen-bond donors (Lipinski definition) is 9. The second kappa shape index (κ2) is 37.6. The fourth-order valence-electron chi connectivity index (χ4n) is 8.14. The molecule has 0 aromatic rings. The van der Waals surface area contributed by atoms with Gasteiger partial charge in [0.1, 0.15) is 67.6 Å². The minimum absolute atomic E-state index is 0.00730. The Hall–Kier alpha value is -2.13. The van der Waals surface area contributed by atoms with Gasteiger partial charge in [-0.25, -0.2) is 9.36 Å². The minimum atomic E-state index is -5.40. The molecular weight excluding hydrogens is 920 g/mol. The molecule has 13 unspecified atom stereocenters. The van der Waals surface area contributed by atoms with E-state index >= 15 is 0 Å². The molecule has 2 fully saturated rings. The monoisotopic (exact) mass is 1010 g/mol. The first-order valence-corrected chi connectivity index (χ1v) is 27.3. The number of aliphatic hydroxyl groups is 8. The maximum atomic E-state index is 13.4. The summed E-state index contributed by atoms with van der Waals surface area (Å²) in [5.74, 6) is -1.49. The third-order valence-corrected chi connectivity index (χ3v) is 13.4. The number of carbonyl (C=O) groups is 2. The average Bonchev–Trinajstić information content (AvgIpc) is 3.33. The van der Waals surface area contributed by atoms with E-state index in [-0.39, 0.29) is 6.42 Å². The molecule has 1 aliphatic heterocycles. The second-order valence-corrected chi connectivity index (χ2v) is 19.8. The van der Waals surface area contributed by atoms with Gasteiger partial charge in [-0.1, -0.05) is 153 Å². The van der Waals surface area contributed by atoms with Crippen molar-refractivity contribution in [2.45, 2.75) is 248 Å². The molecule has 1 aliphatic carbocycles. The lowest BCUT2D eigenvalue weighted by Crippen LogP contribution is -2.67. The van der Waals surface area contributed by atoms with E-state index in [1.54, 1.807) is 6.08 Å². The zero-order valence-corrected chi connectivity index (χ0v) is 42.2. The molecule has 2 aliphatic rings. The van der Waals surface area contributed by atoms with E-state index in [2.05, 4.69) is 26.0 Å². The summed E-state index contributed by atoms with van der Waals surface area (Å²) < 4.78 is 45.2. The summed E-state index contributed by atoms with van der Waals surface area (Å²) in [5, 5.41) is 82.9. The molecule has 18 nitrogen and oxygen atoms in total. The van der Waals surface area contributed by atoms with Gasteiger partial charge < -0.3 is 64.7 Å². The normalized spacial score (nSPS) is 27.8. The zero-order valence-electron chi connectivity index (χ0n) is 41.3. The lowest BCUT2D eigenvalue weighted by atomic mass is 9.84. The number of esters is 2. The smallest absolute Gasteiger partial charge is 0.458 e. The summed E-state index contributed by atoms with van der Waals surface area (Å²) in [6.45, 7) is 2.10. The van der Waals surface area contributed by atoms with Crippen molar-refractivity contribution in [3.63, 3.8) is 0 Å². The molecule has 0 aromatic carbocycles. The maximum absolute atomic E-state index is 13.4. The van der Waals surface area contributed by atoms with Gasteiger partial charge in [-0.2, -0.15) is 0 Å². The summed E-state index contributed by atoms with van der Waals surface area (Å²) in [7, 11) is -5.40. The summed E-state index contributed by atoms with van der Waals surface area (Å²) in [6.07, 6.45) is 14.4. The van der Waals surface area contributed by atoms with Crippen LogP contribution in [0.3, 0.4) is 0 Å². The Morgan fingerprint density at radius 3 is 1.59 bits per heavy atom. The zero-order chi connectivity index (χ0) is 50.9. The van der Waals surface area contributed by atoms with E-state index in [1.165, 1.54) is 115 Å². The fraction of sp³-hybridized carbons (Fsp3) is 0.840. The summed E-state index contributed by atoms with van der Waals surface area (Å²) in [6, 6.07) is 0. The highest BCUT2D eigenvalue weighted by Gasteiger charge is 2.55. The van der Waals surface area contributed by atoms with Crippen LogP contribution in [0.2, 0.25) is 0 Å². The second-order valence-electron chi connectivity index (χ2n) is 18.4. The summed E-state index contributed by atoms with van der Waals surface area (Å²) in [4.78, 5) is 36.4. The van der Waals surface area contributed by atoms with Crippen LogP contribution in [0.4, 0.5) is 0 Å². The molecule has 1 saturated heterocycles. The summed E-state index contributed by atoms with van der Waals surface area (Å²) in [5.41, 5.74) is 0. The van der Waals surface area contributed by atoms with Crippen molar-refractivity contribution in [1.29, 1.82) is 0 Å². The Labute approximate surface area is 410 Å². The van der Waals surface area contributed by atoms with Crippen LogP contribution in [-0.2, 0) is 42.1 Å². The predicted octanol–water partition coefficient (Wildman–Crippen LogP) is 6.05. The van der Waals surface area contributed by atoms with E-state index in [4.69, 9.17) is 28.0 Å². The highest BCUT2D eigenvalue weighted by Crippen LogP contribution is 2.48. The Balaban J connectivity index is 1.98. The van der Waals surface area contributed by atoms with Crippen LogP contribution < -0.4 is 0 Å². The van der Waals surface area contributed by atoms with Crippen LogP contribution in [0, 0.1) is 0 Å². The van der Waals surface area contributed by atoms with E-state index < -0.39 is 113 Å². The Bertz CT molecular complexity index is 1480. The Morgan fingerprint density at radius 1 is 0.580 bits per heavy atom. The average molecular weight is 1010 g/mol. The largest absolute Gasteiger partial charge is 0.472 e. The number of unbranched alkanes of at least 4 members (excludes halogenated alkanes) is 21. The van der Waals surface area contributed by atoms with Crippen molar-refractivity contribution in [1.82, 2.24) is 0 Å². The standard InChI is InChI=1S/C50H89O18P/c1-3-5-7-9-11-13-15-17-19-21-22-24-26-28-30-32-39(52)63-35-37(65-40(53)33-31-29-27-25-23-20-18-16-14-12-10-8-6-4-2)36-64-69(61,62)68-49-46(59)44(57)43(56)45(58)48(49)67-50-47(60)42(55)41(54)38(34-51)66-50/h20,23,26,28,30,32,37-38,41-51,54-60H,3-19,21-22,24-25,27,29,31,33-36H2,1-2H3,(H,61,62). The molecule has 402 valence electrons. The van der Waals surface area contributed by atoms with Crippen molar-refractivity contribution < 1.29 is 87.9 Å². The number of phosphoric acid groups is 1. The van der Waals surface area contributed by atoms with Crippen LogP contribution in [0.15, 0.2) is 36.5 Å². The molecule has 13 atom stereocenters. The highest BCUT2D eigenvalue weighted by atomic mass is 31.2. The third kappa shape index (κ3) is 26.4. The van der Waals surface area contributed by atoms with E-state index in [0.717, 1.165) is 44.9 Å². The predicted molar refractivity (Wildman–Crippen MR) is 258 cm³/mol. The molecule has 0 radical (unpaired) electrons. The first kappa shape index (κ1) is 63.0. The van der Waals surface area contributed by atoms with Crippen molar-refractivity contribution in [3.8, 4) is 0 Å². The topological polar surface area (TPSA) is 289 Å². The molecular formula is C50H89O18P. The van der Waals surface area contributed by atoms with Crippen LogP contribution >= 0.6 is 7.82 Å². The van der Waals surface area contributed by atoms with Gasteiger partial charge in [-0.15, -0.1) is 0 Å². The lowest BCUT2D eigenvalue weighted by Gasteiger charge is -2.47. The number of carbonyl (C=O) groups excluding carboxylic acids is 2. The molecule has 1 heterocycles. The van der Waals surface area contributed by atoms with Crippen LogP contribution in [0.1, 0.15) is 174 Å². The van der Waals surface area contributed by atoms with E-state index in [0.29, 0.717) is 6.42 Å². The molecule has 0 amide bonds. The van der Waals surface area contributed by atoms with Crippen LogP contribution in [-0.4, -0.2) is 151 Å². The number of aliphatic hydroxyl groups excluding tert-OH is 8. The van der Waals surface area contributed by atoms with Crippen LogP contribution in [0.25, 0.3) is 0 Å². The molecule has 69 heavy (non-hydrogen) atoms. The van der Waals surface area contributed by atoms with Gasteiger partial charge in [0, 0.05) is 12.5 Å². The minimum Gasteiger partial charge on any atom is -0.458 e. The first-order valence-electron chi connectivity index (χ1n) is 25.9. The number of allylic oxidation sites excluding steroid dienone is 5. The number of hydrogen-bond acceptors (Lipinski definition) is 17. The van der Waals surface area contributed by atoms with Gasteiger partial charge in [0.2, 0.25) is 0 Å². The molecule has 0 spiro atoms. The van der Waals surface area contributed by atoms with Gasteiger partial charge in [0.05, 0.1) is 13.2 Å².